The number of anilines is 1. The number of benzene rings is 4. The van der Waals surface area contributed by atoms with Gasteiger partial charge in [0.1, 0.15) is 18.4 Å². The first-order valence-corrected chi connectivity index (χ1v) is 17.6. The zero-order valence-corrected chi connectivity index (χ0v) is 28.0. The Hall–Kier alpha value is -4.02. The topological polar surface area (TPSA) is 86.8 Å². The summed E-state index contributed by atoms with van der Waals surface area (Å²) in [4.78, 5) is 30.0. The predicted molar refractivity (Wildman–Crippen MR) is 181 cm³/mol. The molecule has 1 unspecified atom stereocenters. The van der Waals surface area contributed by atoms with E-state index in [1.54, 1.807) is 12.1 Å². The molecule has 1 aliphatic carbocycles. The first kappa shape index (κ1) is 33.3. The summed E-state index contributed by atoms with van der Waals surface area (Å²) in [6, 6.07) is 27.3. The summed E-state index contributed by atoms with van der Waals surface area (Å²) in [6.07, 6.45) is 4.04. The molecule has 4 aromatic rings. The van der Waals surface area contributed by atoms with Gasteiger partial charge in [-0.1, -0.05) is 88.9 Å². The second kappa shape index (κ2) is 15.0. The number of hydrogen-bond donors (Lipinski definition) is 1. The van der Waals surface area contributed by atoms with E-state index in [1.807, 2.05) is 61.5 Å². The lowest BCUT2D eigenvalue weighted by Crippen LogP contribution is -2.54. The van der Waals surface area contributed by atoms with E-state index in [1.165, 1.54) is 29.2 Å². The third-order valence-electron chi connectivity index (χ3n) is 8.24. The van der Waals surface area contributed by atoms with E-state index in [0.29, 0.717) is 0 Å². The quantitative estimate of drug-likeness (QED) is 0.176. The van der Waals surface area contributed by atoms with Crippen LogP contribution in [0.15, 0.2) is 112 Å². The van der Waals surface area contributed by atoms with Crippen LogP contribution in [0.1, 0.15) is 42.4 Å². The summed E-state index contributed by atoms with van der Waals surface area (Å²) >= 11 is 3.45. The predicted octanol–water partition coefficient (Wildman–Crippen LogP) is 6.79. The van der Waals surface area contributed by atoms with Crippen molar-refractivity contribution < 1.29 is 22.4 Å². The third kappa shape index (κ3) is 8.41. The first-order chi connectivity index (χ1) is 22.1. The molecule has 1 N–H and O–H groups in total. The molecule has 2 amide bonds. The summed E-state index contributed by atoms with van der Waals surface area (Å²) in [6.45, 7) is 1.32. The van der Waals surface area contributed by atoms with Crippen LogP contribution in [-0.2, 0) is 32.6 Å². The van der Waals surface area contributed by atoms with Gasteiger partial charge in [-0.2, -0.15) is 0 Å². The molecule has 1 atom stereocenters. The van der Waals surface area contributed by atoms with Crippen LogP contribution in [0.4, 0.5) is 10.1 Å². The summed E-state index contributed by atoms with van der Waals surface area (Å²) in [5, 5.41) is 3.17. The number of nitrogens with zero attached hydrogens (tertiary/aromatic N) is 2. The average Bonchev–Trinajstić information content (AvgIpc) is 3.56. The van der Waals surface area contributed by atoms with Crippen molar-refractivity contribution in [3.05, 3.63) is 130 Å². The van der Waals surface area contributed by atoms with Crippen molar-refractivity contribution in [1.29, 1.82) is 0 Å². The summed E-state index contributed by atoms with van der Waals surface area (Å²) in [5.74, 6) is -1.38. The molecule has 240 valence electrons. The van der Waals surface area contributed by atoms with Crippen molar-refractivity contribution >= 4 is 43.5 Å². The van der Waals surface area contributed by atoms with Crippen LogP contribution in [0.3, 0.4) is 0 Å². The minimum Gasteiger partial charge on any atom is -0.352 e. The Balaban J connectivity index is 1.55. The molecule has 5 rings (SSSR count). The van der Waals surface area contributed by atoms with Crippen LogP contribution in [-0.4, -0.2) is 43.8 Å². The molecule has 1 saturated carbocycles. The van der Waals surface area contributed by atoms with Crippen molar-refractivity contribution in [2.75, 3.05) is 10.8 Å². The Bertz CT molecular complexity index is 1730. The molecule has 1 fully saturated rings. The molecule has 10 heteroatoms. The Morgan fingerprint density at radius 3 is 2.13 bits per heavy atom. The number of halogens is 2. The van der Waals surface area contributed by atoms with E-state index in [4.69, 9.17) is 0 Å². The fraction of sp³-hybridized carbons (Fsp3) is 0.278. The van der Waals surface area contributed by atoms with Crippen molar-refractivity contribution in [2.24, 2.45) is 0 Å². The Morgan fingerprint density at radius 2 is 1.50 bits per heavy atom. The fourth-order valence-electron chi connectivity index (χ4n) is 5.68. The average molecular weight is 707 g/mol. The van der Waals surface area contributed by atoms with Crippen molar-refractivity contribution in [3.63, 3.8) is 0 Å². The van der Waals surface area contributed by atoms with Gasteiger partial charge in [0.15, 0.2) is 0 Å². The number of nitrogens with one attached hydrogen (secondary N) is 1. The highest BCUT2D eigenvalue weighted by molar-refractivity contribution is 9.10. The number of aryl methyl sites for hydroxylation is 1. The van der Waals surface area contributed by atoms with Gasteiger partial charge in [0, 0.05) is 23.5 Å². The third-order valence-corrected chi connectivity index (χ3v) is 10.6. The maximum atomic E-state index is 14.5. The highest BCUT2D eigenvalue weighted by Crippen LogP contribution is 2.26. The van der Waals surface area contributed by atoms with Gasteiger partial charge in [0.25, 0.3) is 10.0 Å². The van der Waals surface area contributed by atoms with Gasteiger partial charge in [-0.3, -0.25) is 13.9 Å². The zero-order valence-electron chi connectivity index (χ0n) is 25.6. The SMILES string of the molecule is Cc1ccc(S(=O)(=O)N(CC(=O)N(Cc2ccc(Br)cc2)C(Cc2ccccc2)C(=O)NC2CCCC2)c2ccc(F)cc2)cc1. The van der Waals surface area contributed by atoms with Crippen LogP contribution in [0.2, 0.25) is 0 Å². The smallest absolute Gasteiger partial charge is 0.264 e. The van der Waals surface area contributed by atoms with Gasteiger partial charge in [-0.15, -0.1) is 0 Å². The highest BCUT2D eigenvalue weighted by Gasteiger charge is 2.35. The van der Waals surface area contributed by atoms with E-state index >= 15 is 0 Å². The largest absolute Gasteiger partial charge is 0.352 e. The number of hydrogen-bond acceptors (Lipinski definition) is 4. The molecule has 0 bridgehead atoms. The lowest BCUT2D eigenvalue weighted by molar-refractivity contribution is -0.140. The van der Waals surface area contributed by atoms with Gasteiger partial charge in [0.2, 0.25) is 11.8 Å². The van der Waals surface area contributed by atoms with Crippen LogP contribution in [0.5, 0.6) is 0 Å². The van der Waals surface area contributed by atoms with Crippen LogP contribution >= 0.6 is 15.9 Å². The van der Waals surface area contributed by atoms with E-state index < -0.39 is 34.3 Å². The molecule has 0 spiro atoms. The maximum absolute atomic E-state index is 14.5. The van der Waals surface area contributed by atoms with Crippen LogP contribution in [0.25, 0.3) is 0 Å². The van der Waals surface area contributed by atoms with Crippen LogP contribution < -0.4 is 9.62 Å². The first-order valence-electron chi connectivity index (χ1n) is 15.3. The van der Waals surface area contributed by atoms with Gasteiger partial charge < -0.3 is 10.2 Å². The number of carbonyl (C=O) groups is 2. The molecular weight excluding hydrogens is 669 g/mol. The number of sulfonamides is 1. The molecular formula is C36H37BrFN3O4S. The minimum atomic E-state index is -4.26. The van der Waals surface area contributed by atoms with Crippen molar-refractivity contribution in [3.8, 4) is 0 Å². The minimum absolute atomic E-state index is 0.00510. The highest BCUT2D eigenvalue weighted by atomic mass is 79.9. The monoisotopic (exact) mass is 705 g/mol. The zero-order chi connectivity index (χ0) is 32.7. The molecule has 0 radical (unpaired) electrons. The number of rotatable bonds is 12. The molecule has 1 aliphatic rings. The molecule has 0 aliphatic heterocycles. The standard InChI is InChI=1S/C36H37BrFN3O4S/c1-26-11-21-33(22-12-26)46(44,45)41(32-19-17-30(38)18-20-32)25-35(42)40(24-28-13-15-29(37)16-14-28)34(23-27-7-3-2-4-8-27)36(43)39-31-9-5-6-10-31/h2-4,7-8,11-22,31,34H,5-6,9-10,23-25H2,1H3,(H,39,43). The normalized spacial score (nSPS) is 14.1. The van der Waals surface area contributed by atoms with E-state index in [0.717, 1.165) is 63.3 Å². The van der Waals surface area contributed by atoms with Crippen LogP contribution in [0, 0.1) is 12.7 Å². The summed E-state index contributed by atoms with van der Waals surface area (Å²) in [7, 11) is -4.26. The summed E-state index contributed by atoms with van der Waals surface area (Å²) in [5.41, 5.74) is 2.65. The molecule has 46 heavy (non-hydrogen) atoms. The Labute approximate surface area is 278 Å². The van der Waals surface area contributed by atoms with Gasteiger partial charge in [-0.25, -0.2) is 12.8 Å². The lowest BCUT2D eigenvalue weighted by atomic mass is 10.0. The van der Waals surface area contributed by atoms with Gasteiger partial charge >= 0.3 is 0 Å². The number of amides is 2. The van der Waals surface area contributed by atoms with Crippen molar-refractivity contribution in [2.45, 2.75) is 62.6 Å². The molecule has 4 aromatic carbocycles. The second-order valence-corrected chi connectivity index (χ2v) is 14.4. The fourth-order valence-corrected chi connectivity index (χ4v) is 7.36. The van der Waals surface area contributed by atoms with Crippen molar-refractivity contribution in [1.82, 2.24) is 10.2 Å². The number of carbonyl (C=O) groups excluding carboxylic acids is 2. The maximum Gasteiger partial charge on any atom is 0.264 e. The lowest BCUT2D eigenvalue weighted by Gasteiger charge is -2.34. The van der Waals surface area contributed by atoms with E-state index in [9.17, 15) is 22.4 Å². The Kier molecular flexibility index (Phi) is 10.9. The molecule has 0 saturated heterocycles. The Morgan fingerprint density at radius 1 is 0.870 bits per heavy atom. The molecule has 0 aromatic heterocycles. The van der Waals surface area contributed by atoms with Gasteiger partial charge in [0.05, 0.1) is 10.6 Å². The summed E-state index contributed by atoms with van der Waals surface area (Å²) < 4.78 is 44.0. The van der Waals surface area contributed by atoms with E-state index in [-0.39, 0.29) is 35.5 Å². The molecule has 7 nitrogen and oxygen atoms in total. The van der Waals surface area contributed by atoms with E-state index in [2.05, 4.69) is 21.2 Å². The van der Waals surface area contributed by atoms with Gasteiger partial charge in [-0.05, 0) is 79.4 Å². The second-order valence-electron chi connectivity index (χ2n) is 11.6. The molecule has 0 heterocycles.